The highest BCUT2D eigenvalue weighted by atomic mass is 32.2. The second kappa shape index (κ2) is 9.61. The first-order valence-electron chi connectivity index (χ1n) is 6.68. The van der Waals surface area contributed by atoms with Crippen LogP contribution in [0.3, 0.4) is 0 Å². The first-order chi connectivity index (χ1) is 10.4. The molecule has 0 saturated heterocycles. The summed E-state index contributed by atoms with van der Waals surface area (Å²) in [7, 11) is 0. The molecule has 2 aromatic rings. The van der Waals surface area contributed by atoms with E-state index in [0.29, 0.717) is 0 Å². The fraction of sp³-hybridized carbons (Fsp3) is 0.125. The molecule has 108 valence electrons. The molecule has 0 aliphatic heterocycles. The van der Waals surface area contributed by atoms with Gasteiger partial charge >= 0.3 is 0 Å². The van der Waals surface area contributed by atoms with E-state index in [4.69, 9.17) is 0 Å². The Bertz CT molecular complexity index is 504. The first-order valence-corrected chi connectivity index (χ1v) is 7.83. The zero-order valence-electron chi connectivity index (χ0n) is 11.6. The highest BCUT2D eigenvalue weighted by molar-refractivity contribution is 8.00. The summed E-state index contributed by atoms with van der Waals surface area (Å²) in [5.74, 6) is 1.69. The summed E-state index contributed by atoms with van der Waals surface area (Å²) in [6.07, 6.45) is 3.71. The van der Waals surface area contributed by atoms with E-state index in [1.807, 2.05) is 73.1 Å². The van der Waals surface area contributed by atoms with Crippen molar-refractivity contribution < 1.29 is 0 Å². The summed E-state index contributed by atoms with van der Waals surface area (Å²) in [6, 6.07) is 19.8. The number of nitrogens with zero attached hydrogens (tertiary/aromatic N) is 2. The van der Waals surface area contributed by atoms with Crippen LogP contribution in [0.4, 0.5) is 11.4 Å². The summed E-state index contributed by atoms with van der Waals surface area (Å²) in [5.41, 5.74) is 7.94. The molecule has 4 nitrogen and oxygen atoms in total. The van der Waals surface area contributed by atoms with Gasteiger partial charge in [0.1, 0.15) is 0 Å². The van der Waals surface area contributed by atoms with Crippen LogP contribution in [0, 0.1) is 0 Å². The van der Waals surface area contributed by atoms with E-state index in [-0.39, 0.29) is 0 Å². The molecule has 0 amide bonds. The van der Waals surface area contributed by atoms with Gasteiger partial charge in [0.05, 0.1) is 11.4 Å². The van der Waals surface area contributed by atoms with Crippen LogP contribution in [-0.4, -0.2) is 23.9 Å². The third-order valence-electron chi connectivity index (χ3n) is 2.50. The van der Waals surface area contributed by atoms with Crippen LogP contribution in [-0.2, 0) is 0 Å². The molecule has 0 atom stereocenters. The van der Waals surface area contributed by atoms with Gasteiger partial charge in [0.2, 0.25) is 0 Å². The average Bonchev–Trinajstić information content (AvgIpc) is 2.55. The van der Waals surface area contributed by atoms with Crippen molar-refractivity contribution in [2.24, 2.45) is 10.2 Å². The zero-order chi connectivity index (χ0) is 14.6. The van der Waals surface area contributed by atoms with Gasteiger partial charge in [-0.05, 0) is 24.3 Å². The van der Waals surface area contributed by atoms with Crippen molar-refractivity contribution in [3.8, 4) is 0 Å². The Labute approximate surface area is 129 Å². The summed E-state index contributed by atoms with van der Waals surface area (Å²) < 4.78 is 0. The van der Waals surface area contributed by atoms with E-state index in [0.717, 1.165) is 22.9 Å². The quantitative estimate of drug-likeness (QED) is 0.441. The standard InChI is InChI=1S/C16H18N4S/c1-3-7-15(8-4-1)19-17-11-13-21-14-12-18-20-16-9-5-2-6-10-16/h1-12,19-20H,13-14H2/b17-11-,18-12-. The molecule has 5 heteroatoms. The van der Waals surface area contributed by atoms with E-state index in [1.54, 1.807) is 11.8 Å². The molecule has 0 aliphatic rings. The van der Waals surface area contributed by atoms with Crippen molar-refractivity contribution in [1.29, 1.82) is 0 Å². The molecular formula is C16H18N4S. The molecule has 0 bridgehead atoms. The number of anilines is 2. The van der Waals surface area contributed by atoms with Crippen LogP contribution >= 0.6 is 11.8 Å². The van der Waals surface area contributed by atoms with E-state index in [1.165, 1.54) is 0 Å². The number of hydrazone groups is 2. The van der Waals surface area contributed by atoms with Crippen molar-refractivity contribution in [2.75, 3.05) is 22.4 Å². The Morgan fingerprint density at radius 1 is 0.714 bits per heavy atom. The second-order valence-corrected chi connectivity index (χ2v) is 5.19. The van der Waals surface area contributed by atoms with Crippen molar-refractivity contribution in [1.82, 2.24) is 0 Å². The number of hydrogen-bond donors (Lipinski definition) is 2. The van der Waals surface area contributed by atoms with Crippen molar-refractivity contribution in [2.45, 2.75) is 0 Å². The minimum atomic E-state index is 0.844. The van der Waals surface area contributed by atoms with Crippen LogP contribution in [0.25, 0.3) is 0 Å². The molecule has 0 aromatic heterocycles. The topological polar surface area (TPSA) is 48.8 Å². The largest absolute Gasteiger partial charge is 0.279 e. The number of para-hydroxylation sites is 2. The smallest absolute Gasteiger partial charge is 0.0561 e. The number of nitrogens with one attached hydrogen (secondary N) is 2. The molecule has 2 N–H and O–H groups in total. The van der Waals surface area contributed by atoms with Gasteiger partial charge in [-0.15, -0.1) is 0 Å². The predicted octanol–water partition coefficient (Wildman–Crippen LogP) is 3.92. The fourth-order valence-electron chi connectivity index (χ4n) is 1.51. The molecule has 21 heavy (non-hydrogen) atoms. The lowest BCUT2D eigenvalue weighted by atomic mass is 10.3. The highest BCUT2D eigenvalue weighted by Crippen LogP contribution is 2.05. The van der Waals surface area contributed by atoms with Gasteiger partial charge in [-0.3, -0.25) is 10.9 Å². The molecule has 0 aliphatic carbocycles. The molecule has 0 radical (unpaired) electrons. The molecule has 2 rings (SSSR count). The third-order valence-corrected chi connectivity index (χ3v) is 3.27. The van der Waals surface area contributed by atoms with E-state index in [9.17, 15) is 0 Å². The molecule has 0 spiro atoms. The number of hydrogen-bond acceptors (Lipinski definition) is 5. The number of thioether (sulfide) groups is 1. The summed E-state index contributed by atoms with van der Waals surface area (Å²) >= 11 is 1.74. The summed E-state index contributed by atoms with van der Waals surface area (Å²) in [6.45, 7) is 0. The van der Waals surface area contributed by atoms with Crippen LogP contribution in [0.5, 0.6) is 0 Å². The molecule has 2 aromatic carbocycles. The van der Waals surface area contributed by atoms with E-state index < -0.39 is 0 Å². The maximum atomic E-state index is 4.15. The molecule has 0 saturated carbocycles. The summed E-state index contributed by atoms with van der Waals surface area (Å²) in [4.78, 5) is 0. The van der Waals surface area contributed by atoms with Crippen LogP contribution in [0.1, 0.15) is 0 Å². The lowest BCUT2D eigenvalue weighted by Gasteiger charge is -1.98. The number of rotatable bonds is 8. The highest BCUT2D eigenvalue weighted by Gasteiger charge is 1.86. The number of benzene rings is 2. The lowest BCUT2D eigenvalue weighted by molar-refractivity contribution is 1.35. The maximum absolute atomic E-state index is 4.15. The van der Waals surface area contributed by atoms with E-state index in [2.05, 4.69) is 21.1 Å². The van der Waals surface area contributed by atoms with Crippen LogP contribution in [0.15, 0.2) is 70.9 Å². The average molecular weight is 298 g/mol. The van der Waals surface area contributed by atoms with Gasteiger partial charge < -0.3 is 0 Å². The van der Waals surface area contributed by atoms with E-state index >= 15 is 0 Å². The van der Waals surface area contributed by atoms with Crippen molar-refractivity contribution in [3.05, 3.63) is 60.7 Å². The van der Waals surface area contributed by atoms with Gasteiger partial charge in [0, 0.05) is 23.9 Å². The lowest BCUT2D eigenvalue weighted by Crippen LogP contribution is -1.93. The minimum Gasteiger partial charge on any atom is -0.279 e. The zero-order valence-corrected chi connectivity index (χ0v) is 12.5. The maximum Gasteiger partial charge on any atom is 0.0561 e. The Morgan fingerprint density at radius 3 is 1.57 bits per heavy atom. The first kappa shape index (κ1) is 15.1. The Hall–Kier alpha value is -2.27. The minimum absolute atomic E-state index is 0.844. The SMILES string of the molecule is C(/CSC/C=N\Nc1ccccc1)=N/Nc1ccccc1. The normalized spacial score (nSPS) is 11.0. The van der Waals surface area contributed by atoms with Gasteiger partial charge in [0.15, 0.2) is 0 Å². The Kier molecular flexibility index (Phi) is 6.92. The molecule has 0 unspecified atom stereocenters. The molecule has 0 fully saturated rings. The Balaban J connectivity index is 1.54. The second-order valence-electron chi connectivity index (χ2n) is 4.12. The van der Waals surface area contributed by atoms with Crippen molar-refractivity contribution in [3.63, 3.8) is 0 Å². The monoisotopic (exact) mass is 298 g/mol. The van der Waals surface area contributed by atoms with Gasteiger partial charge in [-0.1, -0.05) is 36.4 Å². The van der Waals surface area contributed by atoms with Crippen molar-refractivity contribution >= 4 is 35.6 Å². The van der Waals surface area contributed by atoms with Gasteiger partial charge in [-0.2, -0.15) is 22.0 Å². The summed E-state index contributed by atoms with van der Waals surface area (Å²) in [5, 5.41) is 8.30. The van der Waals surface area contributed by atoms with Crippen LogP contribution in [0.2, 0.25) is 0 Å². The van der Waals surface area contributed by atoms with Crippen LogP contribution < -0.4 is 10.9 Å². The molecule has 0 heterocycles. The van der Waals surface area contributed by atoms with Gasteiger partial charge in [-0.25, -0.2) is 0 Å². The molecular weight excluding hydrogens is 280 g/mol. The third kappa shape index (κ3) is 6.63. The van der Waals surface area contributed by atoms with Gasteiger partial charge in [0.25, 0.3) is 0 Å². The Morgan fingerprint density at radius 2 is 1.14 bits per heavy atom. The predicted molar refractivity (Wildman–Crippen MR) is 94.4 cm³/mol. The fourth-order valence-corrected chi connectivity index (χ4v) is 2.01.